The lowest BCUT2D eigenvalue weighted by molar-refractivity contribution is 0.00747. The van der Waals surface area contributed by atoms with E-state index >= 15 is 0 Å². The maximum Gasteiger partial charge on any atom is 0.338 e. The van der Waals surface area contributed by atoms with E-state index in [4.69, 9.17) is 9.84 Å². The van der Waals surface area contributed by atoms with E-state index in [1.165, 1.54) is 6.07 Å². The summed E-state index contributed by atoms with van der Waals surface area (Å²) in [5, 5.41) is 19.1. The Morgan fingerprint density at radius 2 is 1.90 bits per heavy atom. The molecule has 0 saturated heterocycles. The molecule has 0 spiro atoms. The number of hydrogen-bond acceptors (Lipinski definition) is 3. The Morgan fingerprint density at radius 3 is 2.48 bits per heavy atom. The van der Waals surface area contributed by atoms with Crippen LogP contribution in [0, 0.1) is 5.82 Å². The molecule has 1 unspecified atom stereocenters. The second-order valence-electron chi connectivity index (χ2n) is 4.88. The number of rotatable bonds is 5. The van der Waals surface area contributed by atoms with Crippen molar-refractivity contribution in [2.24, 2.45) is 0 Å². The van der Waals surface area contributed by atoms with Gasteiger partial charge in [-0.3, -0.25) is 0 Å². The summed E-state index contributed by atoms with van der Waals surface area (Å²) in [6.07, 6.45) is 0. The van der Waals surface area contributed by atoms with E-state index in [2.05, 4.69) is 0 Å². The second kappa shape index (κ2) is 5.93. The van der Waals surface area contributed by atoms with Crippen LogP contribution in [0.25, 0.3) is 0 Å². The Balaban J connectivity index is 2.09. The third-order valence-corrected chi connectivity index (χ3v) is 3.09. The van der Waals surface area contributed by atoms with E-state index in [0.29, 0.717) is 5.56 Å². The predicted molar refractivity (Wildman–Crippen MR) is 74.9 cm³/mol. The number of carboxylic acid groups (broad SMARTS) is 1. The molecule has 0 fully saturated rings. The van der Waals surface area contributed by atoms with Gasteiger partial charge in [-0.1, -0.05) is 30.3 Å². The van der Waals surface area contributed by atoms with Crippen LogP contribution in [0.4, 0.5) is 4.39 Å². The summed E-state index contributed by atoms with van der Waals surface area (Å²) in [5.74, 6) is -2.05. The summed E-state index contributed by atoms with van der Waals surface area (Å²) in [6, 6.07) is 12.4. The average Bonchev–Trinajstić information content (AvgIpc) is 2.46. The Labute approximate surface area is 121 Å². The molecule has 2 rings (SSSR count). The van der Waals surface area contributed by atoms with Crippen molar-refractivity contribution in [3.05, 3.63) is 65.5 Å². The van der Waals surface area contributed by atoms with Gasteiger partial charge in [-0.2, -0.15) is 0 Å². The smallest absolute Gasteiger partial charge is 0.338 e. The third kappa shape index (κ3) is 3.58. The van der Waals surface area contributed by atoms with E-state index in [1.807, 2.05) is 6.07 Å². The zero-order valence-corrected chi connectivity index (χ0v) is 11.4. The lowest BCUT2D eigenvalue weighted by Gasteiger charge is -2.24. The summed E-state index contributed by atoms with van der Waals surface area (Å²) in [4.78, 5) is 10.7. The molecule has 1 atom stereocenters. The molecule has 0 heterocycles. The van der Waals surface area contributed by atoms with E-state index in [0.717, 1.165) is 12.1 Å². The van der Waals surface area contributed by atoms with Crippen LogP contribution in [0.3, 0.4) is 0 Å². The first kappa shape index (κ1) is 15.0. The van der Waals surface area contributed by atoms with Crippen LogP contribution in [0.1, 0.15) is 22.8 Å². The van der Waals surface area contributed by atoms with Gasteiger partial charge in [-0.05, 0) is 24.6 Å². The van der Waals surface area contributed by atoms with Crippen LogP contribution < -0.4 is 4.74 Å². The zero-order valence-electron chi connectivity index (χ0n) is 11.4. The highest BCUT2D eigenvalue weighted by Gasteiger charge is 2.24. The van der Waals surface area contributed by atoms with Gasteiger partial charge in [0.05, 0.1) is 5.56 Å². The summed E-state index contributed by atoms with van der Waals surface area (Å²) < 4.78 is 18.9. The Kier molecular flexibility index (Phi) is 4.23. The highest BCUT2D eigenvalue weighted by molar-refractivity contribution is 5.88. The summed E-state index contributed by atoms with van der Waals surface area (Å²) >= 11 is 0. The van der Waals surface area contributed by atoms with Crippen molar-refractivity contribution < 1.29 is 24.1 Å². The first-order valence-corrected chi connectivity index (χ1v) is 6.34. The van der Waals surface area contributed by atoms with Gasteiger partial charge in [-0.15, -0.1) is 0 Å². The molecule has 2 aromatic carbocycles. The van der Waals surface area contributed by atoms with E-state index in [-0.39, 0.29) is 12.4 Å². The van der Waals surface area contributed by atoms with Crippen molar-refractivity contribution in [3.63, 3.8) is 0 Å². The number of hydrogen-bond donors (Lipinski definition) is 2. The van der Waals surface area contributed by atoms with Gasteiger partial charge in [0.25, 0.3) is 0 Å². The van der Waals surface area contributed by atoms with Crippen molar-refractivity contribution >= 4 is 5.97 Å². The summed E-state index contributed by atoms with van der Waals surface area (Å²) in [7, 11) is 0. The van der Waals surface area contributed by atoms with Crippen molar-refractivity contribution in [3.8, 4) is 5.75 Å². The summed E-state index contributed by atoms with van der Waals surface area (Å²) in [5.41, 5.74) is -0.978. The summed E-state index contributed by atoms with van der Waals surface area (Å²) in [6.45, 7) is 1.51. The molecular formula is C16H15FO4. The van der Waals surface area contributed by atoms with Crippen LogP contribution in [0.15, 0.2) is 48.5 Å². The maximum absolute atomic E-state index is 13.5. The topological polar surface area (TPSA) is 66.8 Å². The van der Waals surface area contributed by atoms with Crippen molar-refractivity contribution in [1.82, 2.24) is 0 Å². The molecule has 0 aliphatic carbocycles. The zero-order chi connectivity index (χ0) is 15.5. The van der Waals surface area contributed by atoms with Crippen molar-refractivity contribution in [2.45, 2.75) is 12.5 Å². The molecule has 0 radical (unpaired) electrons. The second-order valence-corrected chi connectivity index (χ2v) is 4.88. The average molecular weight is 290 g/mol. The van der Waals surface area contributed by atoms with Gasteiger partial charge in [-0.25, -0.2) is 9.18 Å². The number of halogens is 1. The molecule has 0 bridgehead atoms. The van der Waals surface area contributed by atoms with Crippen molar-refractivity contribution in [1.29, 1.82) is 0 Å². The maximum atomic E-state index is 13.5. The lowest BCUT2D eigenvalue weighted by atomic mass is 9.97. The van der Waals surface area contributed by atoms with E-state index in [9.17, 15) is 14.3 Å². The van der Waals surface area contributed by atoms with E-state index < -0.39 is 23.0 Å². The normalized spacial score (nSPS) is 13.5. The molecule has 2 N–H and O–H groups in total. The van der Waals surface area contributed by atoms with Gasteiger partial charge in [0.1, 0.15) is 23.8 Å². The first-order valence-electron chi connectivity index (χ1n) is 6.34. The fourth-order valence-corrected chi connectivity index (χ4v) is 1.86. The van der Waals surface area contributed by atoms with E-state index in [1.54, 1.807) is 31.2 Å². The quantitative estimate of drug-likeness (QED) is 0.888. The fraction of sp³-hybridized carbons (Fsp3) is 0.188. The minimum Gasteiger partial charge on any atom is -0.490 e. The largest absolute Gasteiger partial charge is 0.490 e. The molecule has 110 valence electrons. The molecule has 0 aliphatic rings. The standard InChI is InChI=1S/C16H15FO4/c1-16(20,11-5-3-2-4-6-11)10-21-12-7-8-13(15(18)19)14(17)9-12/h2-9,20H,10H2,1H3,(H,18,19). The number of carbonyl (C=O) groups is 1. The van der Waals surface area contributed by atoms with Gasteiger partial charge in [0, 0.05) is 6.07 Å². The highest BCUT2D eigenvalue weighted by Crippen LogP contribution is 2.23. The number of carboxylic acids is 1. The van der Waals surface area contributed by atoms with Gasteiger partial charge >= 0.3 is 5.97 Å². The van der Waals surface area contributed by atoms with Crippen LogP contribution in [-0.2, 0) is 5.60 Å². The van der Waals surface area contributed by atoms with Crippen molar-refractivity contribution in [2.75, 3.05) is 6.61 Å². The number of aromatic carboxylic acids is 1. The molecule has 0 amide bonds. The molecular weight excluding hydrogens is 275 g/mol. The first-order chi connectivity index (χ1) is 9.90. The van der Waals surface area contributed by atoms with Gasteiger partial charge in [0.15, 0.2) is 0 Å². The Bertz CT molecular complexity index is 638. The molecule has 5 heteroatoms. The minimum absolute atomic E-state index is 0.0805. The molecule has 4 nitrogen and oxygen atoms in total. The number of aliphatic hydroxyl groups is 1. The molecule has 0 aliphatic heterocycles. The SMILES string of the molecule is CC(O)(COc1ccc(C(=O)O)c(F)c1)c1ccccc1. The molecule has 21 heavy (non-hydrogen) atoms. The molecule has 0 aromatic heterocycles. The monoisotopic (exact) mass is 290 g/mol. The molecule has 2 aromatic rings. The number of benzene rings is 2. The Morgan fingerprint density at radius 1 is 1.24 bits per heavy atom. The third-order valence-electron chi connectivity index (χ3n) is 3.09. The van der Waals surface area contributed by atoms with Crippen LogP contribution >= 0.6 is 0 Å². The Hall–Kier alpha value is -2.40. The predicted octanol–water partition coefficient (Wildman–Crippen LogP) is 2.81. The number of ether oxygens (including phenoxy) is 1. The van der Waals surface area contributed by atoms with Crippen LogP contribution in [0.2, 0.25) is 0 Å². The fourth-order valence-electron chi connectivity index (χ4n) is 1.86. The lowest BCUT2D eigenvalue weighted by Crippen LogP contribution is -2.29. The van der Waals surface area contributed by atoms with Crippen LogP contribution in [0.5, 0.6) is 5.75 Å². The van der Waals surface area contributed by atoms with Gasteiger partial charge in [0.2, 0.25) is 0 Å². The van der Waals surface area contributed by atoms with Crippen LogP contribution in [-0.4, -0.2) is 22.8 Å². The highest BCUT2D eigenvalue weighted by atomic mass is 19.1. The minimum atomic E-state index is -1.34. The molecule has 0 saturated carbocycles. The van der Waals surface area contributed by atoms with Gasteiger partial charge < -0.3 is 14.9 Å².